The lowest BCUT2D eigenvalue weighted by Gasteiger charge is -2.38. The minimum absolute atomic E-state index is 0.0104. The van der Waals surface area contributed by atoms with Crippen molar-refractivity contribution in [1.29, 1.82) is 0 Å². The number of hydrogen-bond donors (Lipinski definition) is 1. The Morgan fingerprint density at radius 3 is 2.67 bits per heavy atom. The van der Waals surface area contributed by atoms with Gasteiger partial charge in [-0.15, -0.1) is 0 Å². The predicted octanol–water partition coefficient (Wildman–Crippen LogP) is 3.60. The highest BCUT2D eigenvalue weighted by Gasteiger charge is 2.27. The highest BCUT2D eigenvalue weighted by molar-refractivity contribution is 9.10. The van der Waals surface area contributed by atoms with Crippen LogP contribution in [0.15, 0.2) is 28.7 Å². The van der Waals surface area contributed by atoms with Gasteiger partial charge >= 0.3 is 0 Å². The van der Waals surface area contributed by atoms with Crippen molar-refractivity contribution in [3.8, 4) is 0 Å². The van der Waals surface area contributed by atoms with Crippen LogP contribution in [0.5, 0.6) is 0 Å². The molecule has 1 N–H and O–H groups in total. The highest BCUT2D eigenvalue weighted by Crippen LogP contribution is 2.22. The van der Waals surface area contributed by atoms with Crippen LogP contribution >= 0.6 is 15.9 Å². The third kappa shape index (κ3) is 5.37. The Morgan fingerprint density at radius 2 is 2.05 bits per heavy atom. The molecule has 1 heterocycles. The molecule has 0 radical (unpaired) electrons. The minimum Gasteiger partial charge on any atom is -0.373 e. The van der Waals surface area contributed by atoms with E-state index < -0.39 is 0 Å². The quantitative estimate of drug-likeness (QED) is 0.844. The van der Waals surface area contributed by atoms with E-state index in [-0.39, 0.29) is 5.60 Å². The molecule has 0 aromatic heterocycles. The lowest BCUT2D eigenvalue weighted by Crippen LogP contribution is -2.48. The first-order valence-electron chi connectivity index (χ1n) is 7.85. The van der Waals surface area contributed by atoms with Gasteiger partial charge in [0.05, 0.1) is 12.2 Å². The van der Waals surface area contributed by atoms with E-state index in [4.69, 9.17) is 4.74 Å². The standard InChI is InChI=1S/C17H27BrN2O/c1-4-19-16(14-5-7-15(18)8-6-14)9-10-20-11-12-21-17(2,3)13-20/h5-8,16,19H,4,9-13H2,1-3H3. The lowest BCUT2D eigenvalue weighted by molar-refractivity contribution is -0.0864. The van der Waals surface area contributed by atoms with E-state index in [1.165, 1.54) is 5.56 Å². The third-order valence-corrected chi connectivity index (χ3v) is 4.49. The van der Waals surface area contributed by atoms with Gasteiger partial charge in [0.25, 0.3) is 0 Å². The Kier molecular flexibility index (Phi) is 6.23. The summed E-state index contributed by atoms with van der Waals surface area (Å²) in [4.78, 5) is 2.52. The van der Waals surface area contributed by atoms with Crippen molar-refractivity contribution in [1.82, 2.24) is 10.2 Å². The summed E-state index contributed by atoms with van der Waals surface area (Å²) in [5, 5.41) is 3.61. The third-order valence-electron chi connectivity index (χ3n) is 3.96. The van der Waals surface area contributed by atoms with Gasteiger partial charge in [0.2, 0.25) is 0 Å². The zero-order valence-electron chi connectivity index (χ0n) is 13.4. The van der Waals surface area contributed by atoms with Gasteiger partial charge in [0.1, 0.15) is 0 Å². The topological polar surface area (TPSA) is 24.5 Å². The van der Waals surface area contributed by atoms with Crippen LogP contribution in [0.4, 0.5) is 0 Å². The van der Waals surface area contributed by atoms with Gasteiger partial charge in [-0.2, -0.15) is 0 Å². The van der Waals surface area contributed by atoms with Crippen LogP contribution in [0, 0.1) is 0 Å². The van der Waals surface area contributed by atoms with E-state index in [1.54, 1.807) is 0 Å². The Bertz CT molecular complexity index is 433. The van der Waals surface area contributed by atoms with Gasteiger partial charge in [-0.05, 0) is 44.5 Å². The van der Waals surface area contributed by atoms with Gasteiger partial charge in [-0.1, -0.05) is 35.0 Å². The molecule has 0 spiro atoms. The second-order valence-electron chi connectivity index (χ2n) is 6.33. The van der Waals surface area contributed by atoms with Gasteiger partial charge in [-0.25, -0.2) is 0 Å². The molecule has 1 saturated heterocycles. The Hall–Kier alpha value is -0.420. The number of benzene rings is 1. The van der Waals surface area contributed by atoms with E-state index in [2.05, 4.69) is 71.2 Å². The van der Waals surface area contributed by atoms with Gasteiger partial charge < -0.3 is 10.1 Å². The molecule has 0 aliphatic carbocycles. The number of nitrogens with zero attached hydrogens (tertiary/aromatic N) is 1. The summed E-state index contributed by atoms with van der Waals surface area (Å²) < 4.78 is 6.92. The molecule has 1 atom stereocenters. The van der Waals surface area contributed by atoms with Crippen molar-refractivity contribution in [2.45, 2.75) is 38.8 Å². The average Bonchev–Trinajstić information content (AvgIpc) is 2.43. The van der Waals surface area contributed by atoms with Gasteiger partial charge in [-0.3, -0.25) is 4.90 Å². The van der Waals surface area contributed by atoms with Crippen LogP contribution in [0.2, 0.25) is 0 Å². The van der Waals surface area contributed by atoms with E-state index in [0.29, 0.717) is 6.04 Å². The maximum atomic E-state index is 5.79. The van der Waals surface area contributed by atoms with Crippen molar-refractivity contribution >= 4 is 15.9 Å². The van der Waals surface area contributed by atoms with Crippen molar-refractivity contribution in [3.05, 3.63) is 34.3 Å². The Morgan fingerprint density at radius 1 is 1.33 bits per heavy atom. The summed E-state index contributed by atoms with van der Waals surface area (Å²) in [6, 6.07) is 9.09. The molecule has 1 aliphatic heterocycles. The first kappa shape index (κ1) is 16.9. The predicted molar refractivity (Wildman–Crippen MR) is 91.6 cm³/mol. The first-order valence-corrected chi connectivity index (χ1v) is 8.64. The Labute approximate surface area is 137 Å². The normalized spacial score (nSPS) is 20.4. The molecular formula is C17H27BrN2O. The summed E-state index contributed by atoms with van der Waals surface area (Å²) in [6.07, 6.45) is 1.13. The fraction of sp³-hybridized carbons (Fsp3) is 0.647. The van der Waals surface area contributed by atoms with Crippen molar-refractivity contribution in [3.63, 3.8) is 0 Å². The van der Waals surface area contributed by atoms with Crippen LogP contribution in [-0.4, -0.2) is 43.3 Å². The number of hydrogen-bond acceptors (Lipinski definition) is 3. The van der Waals surface area contributed by atoms with Crippen molar-refractivity contribution < 1.29 is 4.74 Å². The molecule has 1 aromatic rings. The van der Waals surface area contributed by atoms with Crippen LogP contribution < -0.4 is 5.32 Å². The molecule has 1 aromatic carbocycles. The molecule has 4 heteroatoms. The van der Waals surface area contributed by atoms with E-state index in [0.717, 1.165) is 43.7 Å². The first-order chi connectivity index (χ1) is 10.00. The van der Waals surface area contributed by atoms with Gasteiger partial charge in [0, 0.05) is 30.1 Å². The monoisotopic (exact) mass is 354 g/mol. The molecule has 118 valence electrons. The largest absolute Gasteiger partial charge is 0.373 e. The molecule has 1 unspecified atom stereocenters. The fourth-order valence-corrected chi connectivity index (χ4v) is 3.21. The lowest BCUT2D eigenvalue weighted by atomic mass is 10.0. The van der Waals surface area contributed by atoms with Crippen molar-refractivity contribution in [2.75, 3.05) is 32.8 Å². The van der Waals surface area contributed by atoms with E-state index >= 15 is 0 Å². The average molecular weight is 355 g/mol. The fourth-order valence-electron chi connectivity index (χ4n) is 2.94. The van der Waals surface area contributed by atoms with Crippen LogP contribution in [0.25, 0.3) is 0 Å². The maximum absolute atomic E-state index is 5.79. The molecule has 2 rings (SSSR count). The van der Waals surface area contributed by atoms with Crippen LogP contribution in [-0.2, 0) is 4.74 Å². The van der Waals surface area contributed by atoms with Crippen molar-refractivity contribution in [2.24, 2.45) is 0 Å². The van der Waals surface area contributed by atoms with Crippen LogP contribution in [0.1, 0.15) is 38.8 Å². The number of halogens is 1. The number of ether oxygens (including phenoxy) is 1. The van der Waals surface area contributed by atoms with Crippen LogP contribution in [0.3, 0.4) is 0 Å². The number of nitrogens with one attached hydrogen (secondary N) is 1. The summed E-state index contributed by atoms with van der Waals surface area (Å²) in [5.41, 5.74) is 1.36. The molecule has 3 nitrogen and oxygen atoms in total. The summed E-state index contributed by atoms with van der Waals surface area (Å²) in [7, 11) is 0. The SMILES string of the molecule is CCNC(CCN1CCOC(C)(C)C1)c1ccc(Br)cc1. The molecule has 1 aliphatic rings. The summed E-state index contributed by atoms with van der Waals surface area (Å²) >= 11 is 3.51. The number of rotatable bonds is 6. The summed E-state index contributed by atoms with van der Waals surface area (Å²) in [5.74, 6) is 0. The second kappa shape index (κ2) is 7.73. The highest BCUT2D eigenvalue weighted by atomic mass is 79.9. The van der Waals surface area contributed by atoms with E-state index in [1.807, 2.05) is 0 Å². The molecule has 21 heavy (non-hydrogen) atoms. The zero-order chi connectivity index (χ0) is 15.3. The number of morpholine rings is 1. The second-order valence-corrected chi connectivity index (χ2v) is 7.25. The molecule has 0 saturated carbocycles. The molecule has 1 fully saturated rings. The van der Waals surface area contributed by atoms with Gasteiger partial charge in [0.15, 0.2) is 0 Å². The minimum atomic E-state index is -0.0104. The molecule has 0 amide bonds. The Balaban J connectivity index is 1.92. The zero-order valence-corrected chi connectivity index (χ0v) is 14.9. The smallest absolute Gasteiger partial charge is 0.0753 e. The van der Waals surface area contributed by atoms with E-state index in [9.17, 15) is 0 Å². The molecular weight excluding hydrogens is 328 g/mol. The maximum Gasteiger partial charge on any atom is 0.0753 e. The summed E-state index contributed by atoms with van der Waals surface area (Å²) in [6.45, 7) is 11.5. The molecule has 0 bridgehead atoms.